The van der Waals surface area contributed by atoms with Crippen LogP contribution in [0.3, 0.4) is 0 Å². The molecule has 0 aliphatic carbocycles. The van der Waals surface area contributed by atoms with Gasteiger partial charge in [-0.05, 0) is 57.2 Å². The second-order valence-corrected chi connectivity index (χ2v) is 6.05. The first-order valence-corrected chi connectivity index (χ1v) is 8.44. The number of fused-ring (bicyclic) bond motifs is 1. The molecule has 0 amide bonds. The van der Waals surface area contributed by atoms with Crippen LogP contribution in [0.4, 0.5) is 11.4 Å². The van der Waals surface area contributed by atoms with Gasteiger partial charge in [0.05, 0.1) is 17.8 Å². The molecule has 0 spiro atoms. The minimum Gasteiger partial charge on any atom is -0.462 e. The molecular formula is C21H20N2O3. The minimum atomic E-state index is -0.425. The minimum absolute atomic E-state index is 0.00810. The highest BCUT2D eigenvalue weighted by Crippen LogP contribution is 2.30. The molecule has 0 radical (unpaired) electrons. The number of aryl methyl sites for hydroxylation is 1. The van der Waals surface area contributed by atoms with Crippen molar-refractivity contribution in [3.63, 3.8) is 0 Å². The predicted molar refractivity (Wildman–Crippen MR) is 102 cm³/mol. The summed E-state index contributed by atoms with van der Waals surface area (Å²) >= 11 is 0. The Labute approximate surface area is 152 Å². The second-order valence-electron chi connectivity index (χ2n) is 6.05. The first-order valence-electron chi connectivity index (χ1n) is 8.44. The summed E-state index contributed by atoms with van der Waals surface area (Å²) < 4.78 is 5.17. The van der Waals surface area contributed by atoms with E-state index in [1.54, 1.807) is 19.1 Å². The zero-order valence-electron chi connectivity index (χ0n) is 15.0. The lowest BCUT2D eigenvalue weighted by Crippen LogP contribution is -2.09. The summed E-state index contributed by atoms with van der Waals surface area (Å²) in [5, 5.41) is 4.14. The van der Waals surface area contributed by atoms with Crippen LogP contribution in [-0.2, 0) is 4.74 Å². The molecule has 0 aliphatic rings. The molecule has 1 aromatic heterocycles. The molecule has 1 N–H and O–H groups in total. The van der Waals surface area contributed by atoms with Crippen molar-refractivity contribution in [3.8, 4) is 0 Å². The maximum absolute atomic E-state index is 12.4. The van der Waals surface area contributed by atoms with Gasteiger partial charge in [-0.3, -0.25) is 9.78 Å². The van der Waals surface area contributed by atoms with E-state index in [0.717, 1.165) is 22.2 Å². The zero-order chi connectivity index (χ0) is 18.7. The van der Waals surface area contributed by atoms with Gasteiger partial charge in [-0.1, -0.05) is 11.6 Å². The number of Topliss-reactive ketones (excluding diaryl/α,β-unsaturated/α-hetero) is 1. The van der Waals surface area contributed by atoms with Crippen molar-refractivity contribution in [1.82, 2.24) is 4.98 Å². The summed E-state index contributed by atoms with van der Waals surface area (Å²) in [6.07, 6.45) is 1.53. The van der Waals surface area contributed by atoms with E-state index in [9.17, 15) is 9.59 Å². The van der Waals surface area contributed by atoms with Crippen LogP contribution in [0.2, 0.25) is 0 Å². The smallest absolute Gasteiger partial charge is 0.341 e. The maximum Gasteiger partial charge on any atom is 0.341 e. The van der Waals surface area contributed by atoms with Gasteiger partial charge < -0.3 is 10.1 Å². The van der Waals surface area contributed by atoms with Gasteiger partial charge in [-0.2, -0.15) is 0 Å². The molecular weight excluding hydrogens is 328 g/mol. The largest absolute Gasteiger partial charge is 0.462 e. The van der Waals surface area contributed by atoms with Gasteiger partial charge >= 0.3 is 5.97 Å². The SMILES string of the molecule is CCOC(=O)c1cnc2ccc(C)cc2c1Nc1ccc(C(C)=O)cc1. The number of benzene rings is 2. The number of esters is 1. The highest BCUT2D eigenvalue weighted by Gasteiger charge is 2.17. The molecule has 5 nitrogen and oxygen atoms in total. The van der Waals surface area contributed by atoms with E-state index in [0.29, 0.717) is 16.8 Å². The molecule has 3 aromatic rings. The van der Waals surface area contributed by atoms with E-state index in [2.05, 4.69) is 10.3 Å². The molecule has 0 bridgehead atoms. The summed E-state index contributed by atoms with van der Waals surface area (Å²) in [6, 6.07) is 13.0. The van der Waals surface area contributed by atoms with Crippen LogP contribution in [-0.4, -0.2) is 23.3 Å². The Bertz CT molecular complexity index is 978. The lowest BCUT2D eigenvalue weighted by atomic mass is 10.1. The quantitative estimate of drug-likeness (QED) is 0.536. The summed E-state index contributed by atoms with van der Waals surface area (Å²) in [7, 11) is 0. The Morgan fingerprint density at radius 2 is 1.85 bits per heavy atom. The van der Waals surface area contributed by atoms with Crippen molar-refractivity contribution in [1.29, 1.82) is 0 Å². The lowest BCUT2D eigenvalue weighted by molar-refractivity contribution is 0.0527. The molecule has 0 atom stereocenters. The fourth-order valence-electron chi connectivity index (χ4n) is 2.74. The monoisotopic (exact) mass is 348 g/mol. The summed E-state index contributed by atoms with van der Waals surface area (Å²) in [5.74, 6) is -0.417. The molecule has 1 heterocycles. The van der Waals surface area contributed by atoms with E-state index < -0.39 is 5.97 Å². The molecule has 0 saturated carbocycles. The predicted octanol–water partition coefficient (Wildman–Crippen LogP) is 4.67. The number of hydrogen-bond donors (Lipinski definition) is 1. The van der Waals surface area contributed by atoms with E-state index in [1.807, 2.05) is 37.3 Å². The van der Waals surface area contributed by atoms with Crippen molar-refractivity contribution in [3.05, 3.63) is 65.4 Å². The number of anilines is 2. The van der Waals surface area contributed by atoms with Crippen LogP contribution in [0.5, 0.6) is 0 Å². The Kier molecular flexibility index (Phi) is 4.98. The number of hydrogen-bond acceptors (Lipinski definition) is 5. The molecule has 3 rings (SSSR count). The fraction of sp³-hybridized carbons (Fsp3) is 0.190. The maximum atomic E-state index is 12.4. The molecule has 0 fully saturated rings. The van der Waals surface area contributed by atoms with Gasteiger partial charge in [0.2, 0.25) is 0 Å². The number of nitrogens with one attached hydrogen (secondary N) is 1. The van der Waals surface area contributed by atoms with Crippen LogP contribution >= 0.6 is 0 Å². The average molecular weight is 348 g/mol. The van der Waals surface area contributed by atoms with Crippen LogP contribution < -0.4 is 5.32 Å². The Morgan fingerprint density at radius 1 is 1.12 bits per heavy atom. The summed E-state index contributed by atoms with van der Waals surface area (Å²) in [6.45, 7) is 5.57. The van der Waals surface area contributed by atoms with Gasteiger partial charge in [0.25, 0.3) is 0 Å². The van der Waals surface area contributed by atoms with Crippen molar-refractivity contribution in [2.45, 2.75) is 20.8 Å². The van der Waals surface area contributed by atoms with Crippen LogP contribution in [0, 0.1) is 6.92 Å². The van der Waals surface area contributed by atoms with E-state index >= 15 is 0 Å². The first kappa shape index (κ1) is 17.6. The van der Waals surface area contributed by atoms with Gasteiger partial charge in [0.15, 0.2) is 5.78 Å². The molecule has 26 heavy (non-hydrogen) atoms. The van der Waals surface area contributed by atoms with Crippen molar-refractivity contribution >= 4 is 34.0 Å². The third-order valence-electron chi connectivity index (χ3n) is 4.08. The van der Waals surface area contributed by atoms with Gasteiger partial charge in [0.1, 0.15) is 5.56 Å². The lowest BCUT2D eigenvalue weighted by Gasteiger charge is -2.15. The van der Waals surface area contributed by atoms with E-state index in [4.69, 9.17) is 4.74 Å². The highest BCUT2D eigenvalue weighted by molar-refractivity contribution is 6.06. The average Bonchev–Trinajstić information content (AvgIpc) is 2.62. The number of carbonyl (C=O) groups excluding carboxylic acids is 2. The number of ether oxygens (including phenoxy) is 1. The zero-order valence-corrected chi connectivity index (χ0v) is 15.0. The number of rotatable bonds is 5. The standard InChI is InChI=1S/C21H20N2O3/c1-4-26-21(25)18-12-22-19-10-5-13(2)11-17(19)20(18)23-16-8-6-15(7-9-16)14(3)24/h5-12H,4H2,1-3H3,(H,22,23). The second kappa shape index (κ2) is 7.35. The van der Waals surface area contributed by atoms with Gasteiger partial charge in [-0.15, -0.1) is 0 Å². The Morgan fingerprint density at radius 3 is 2.50 bits per heavy atom. The van der Waals surface area contributed by atoms with Crippen LogP contribution in [0.15, 0.2) is 48.7 Å². The summed E-state index contributed by atoms with van der Waals surface area (Å²) in [5.41, 5.74) is 4.28. The van der Waals surface area contributed by atoms with Crippen molar-refractivity contribution in [2.24, 2.45) is 0 Å². The third kappa shape index (κ3) is 3.57. The van der Waals surface area contributed by atoms with Gasteiger partial charge in [-0.25, -0.2) is 4.79 Å². The van der Waals surface area contributed by atoms with Crippen molar-refractivity contribution < 1.29 is 14.3 Å². The number of carbonyl (C=O) groups is 2. The van der Waals surface area contributed by atoms with Crippen LogP contribution in [0.1, 0.15) is 40.1 Å². The summed E-state index contributed by atoms with van der Waals surface area (Å²) in [4.78, 5) is 28.2. The molecule has 132 valence electrons. The normalized spacial score (nSPS) is 10.6. The number of nitrogens with zero attached hydrogens (tertiary/aromatic N) is 1. The Balaban J connectivity index is 2.11. The van der Waals surface area contributed by atoms with Crippen LogP contribution in [0.25, 0.3) is 10.9 Å². The third-order valence-corrected chi connectivity index (χ3v) is 4.08. The number of pyridine rings is 1. The molecule has 5 heteroatoms. The molecule has 2 aromatic carbocycles. The van der Waals surface area contributed by atoms with E-state index in [-0.39, 0.29) is 12.4 Å². The number of aromatic nitrogens is 1. The highest BCUT2D eigenvalue weighted by atomic mass is 16.5. The topological polar surface area (TPSA) is 68.3 Å². The fourth-order valence-corrected chi connectivity index (χ4v) is 2.74. The molecule has 0 unspecified atom stereocenters. The Hall–Kier alpha value is -3.21. The molecule has 0 aliphatic heterocycles. The van der Waals surface area contributed by atoms with Gasteiger partial charge in [0, 0.05) is 22.8 Å². The first-order chi connectivity index (χ1) is 12.5. The van der Waals surface area contributed by atoms with E-state index in [1.165, 1.54) is 13.1 Å². The molecule has 0 saturated heterocycles. The number of ketones is 1. The van der Waals surface area contributed by atoms with Crippen molar-refractivity contribution in [2.75, 3.05) is 11.9 Å².